The van der Waals surface area contributed by atoms with Gasteiger partial charge in [0, 0.05) is 6.54 Å². The second-order valence-electron chi connectivity index (χ2n) is 6.98. The molecular weight excluding hydrogens is 313 g/mol. The highest BCUT2D eigenvalue weighted by molar-refractivity contribution is 5.65. The van der Waals surface area contributed by atoms with E-state index in [-0.39, 0.29) is 5.82 Å². The van der Waals surface area contributed by atoms with Crippen molar-refractivity contribution in [2.75, 3.05) is 37.2 Å². The molecule has 2 aromatic rings. The van der Waals surface area contributed by atoms with Crippen LogP contribution in [0.15, 0.2) is 48.5 Å². The zero-order valence-electron chi connectivity index (χ0n) is 14.8. The van der Waals surface area contributed by atoms with Crippen molar-refractivity contribution in [1.82, 2.24) is 4.90 Å². The number of nitrogens with zero attached hydrogens (tertiary/aromatic N) is 1. The van der Waals surface area contributed by atoms with Crippen LogP contribution >= 0.6 is 0 Å². The molecule has 0 bridgehead atoms. The summed E-state index contributed by atoms with van der Waals surface area (Å²) in [7, 11) is 0. The standard InChI is InChI=1S/C21H28FN3/c22-19-8-6-17(7-9-19)16-18-10-14-25(15-11-18)13-3-12-24-21-5-2-1-4-20(21)23/h1-2,4-9,18,24H,3,10-16,23H2. The van der Waals surface area contributed by atoms with E-state index in [0.717, 1.165) is 43.2 Å². The highest BCUT2D eigenvalue weighted by Gasteiger charge is 2.19. The fraction of sp³-hybridized carbons (Fsp3) is 0.429. The number of benzene rings is 2. The third-order valence-electron chi connectivity index (χ3n) is 5.07. The second-order valence-corrected chi connectivity index (χ2v) is 6.98. The molecule has 3 nitrogen and oxygen atoms in total. The summed E-state index contributed by atoms with van der Waals surface area (Å²) in [6, 6.07) is 14.9. The number of hydrogen-bond acceptors (Lipinski definition) is 3. The summed E-state index contributed by atoms with van der Waals surface area (Å²) >= 11 is 0. The van der Waals surface area contributed by atoms with Crippen LogP contribution in [0.25, 0.3) is 0 Å². The van der Waals surface area contributed by atoms with E-state index in [1.54, 1.807) is 12.1 Å². The third-order valence-corrected chi connectivity index (χ3v) is 5.07. The second kappa shape index (κ2) is 8.86. The molecule has 0 radical (unpaired) electrons. The van der Waals surface area contributed by atoms with E-state index in [4.69, 9.17) is 5.73 Å². The minimum atomic E-state index is -0.149. The van der Waals surface area contributed by atoms with Crippen LogP contribution in [0.2, 0.25) is 0 Å². The van der Waals surface area contributed by atoms with Gasteiger partial charge in [-0.05, 0) is 81.1 Å². The molecule has 0 aliphatic carbocycles. The van der Waals surface area contributed by atoms with Gasteiger partial charge in [-0.25, -0.2) is 4.39 Å². The van der Waals surface area contributed by atoms with Gasteiger partial charge in [-0.15, -0.1) is 0 Å². The van der Waals surface area contributed by atoms with Crippen molar-refractivity contribution in [3.8, 4) is 0 Å². The lowest BCUT2D eigenvalue weighted by Gasteiger charge is -2.32. The molecule has 4 heteroatoms. The van der Waals surface area contributed by atoms with E-state index < -0.39 is 0 Å². The van der Waals surface area contributed by atoms with Crippen molar-refractivity contribution < 1.29 is 4.39 Å². The molecule has 0 aromatic heterocycles. The molecule has 1 saturated heterocycles. The maximum absolute atomic E-state index is 13.0. The molecule has 1 heterocycles. The first-order chi connectivity index (χ1) is 12.2. The predicted octanol–water partition coefficient (Wildman–Crippen LogP) is 4.16. The van der Waals surface area contributed by atoms with E-state index in [9.17, 15) is 4.39 Å². The maximum atomic E-state index is 13.0. The van der Waals surface area contributed by atoms with E-state index in [2.05, 4.69) is 10.2 Å². The SMILES string of the molecule is Nc1ccccc1NCCCN1CCC(Cc2ccc(F)cc2)CC1. The normalized spacial score (nSPS) is 16.0. The number of nitrogens with two attached hydrogens (primary N) is 1. The Morgan fingerprint density at radius 2 is 1.76 bits per heavy atom. The first-order valence-corrected chi connectivity index (χ1v) is 9.26. The van der Waals surface area contributed by atoms with E-state index in [0.29, 0.717) is 0 Å². The Kier molecular flexibility index (Phi) is 6.29. The first kappa shape index (κ1) is 17.7. The molecule has 0 atom stereocenters. The monoisotopic (exact) mass is 341 g/mol. The zero-order valence-corrected chi connectivity index (χ0v) is 14.8. The Balaban J connectivity index is 1.32. The number of nitrogens with one attached hydrogen (secondary N) is 1. The fourth-order valence-electron chi connectivity index (χ4n) is 3.55. The number of nitrogen functional groups attached to an aromatic ring is 1. The van der Waals surface area contributed by atoms with Crippen LogP contribution in [-0.2, 0) is 6.42 Å². The van der Waals surface area contributed by atoms with E-state index in [1.165, 1.54) is 31.5 Å². The van der Waals surface area contributed by atoms with Crippen molar-refractivity contribution in [2.45, 2.75) is 25.7 Å². The number of anilines is 2. The third kappa shape index (κ3) is 5.46. The molecular formula is C21H28FN3. The summed E-state index contributed by atoms with van der Waals surface area (Å²) in [4.78, 5) is 2.55. The van der Waals surface area contributed by atoms with Crippen LogP contribution in [0.3, 0.4) is 0 Å². The lowest BCUT2D eigenvalue weighted by atomic mass is 9.90. The highest BCUT2D eigenvalue weighted by atomic mass is 19.1. The summed E-state index contributed by atoms with van der Waals surface area (Å²) in [6.07, 6.45) is 4.66. The number of piperidine rings is 1. The number of rotatable bonds is 7. The van der Waals surface area contributed by atoms with Crippen LogP contribution in [0.5, 0.6) is 0 Å². The van der Waals surface area contributed by atoms with Crippen molar-refractivity contribution in [1.29, 1.82) is 0 Å². The molecule has 134 valence electrons. The Labute approximate surface area is 150 Å². The minimum Gasteiger partial charge on any atom is -0.397 e. The molecule has 3 rings (SSSR count). The molecule has 1 fully saturated rings. The van der Waals surface area contributed by atoms with Crippen molar-refractivity contribution in [2.24, 2.45) is 5.92 Å². The summed E-state index contributed by atoms with van der Waals surface area (Å²) < 4.78 is 13.0. The quantitative estimate of drug-likeness (QED) is 0.587. The molecule has 25 heavy (non-hydrogen) atoms. The lowest BCUT2D eigenvalue weighted by Crippen LogP contribution is -2.35. The zero-order chi connectivity index (χ0) is 17.5. The molecule has 0 spiro atoms. The molecule has 1 aliphatic heterocycles. The van der Waals surface area contributed by atoms with Gasteiger partial charge < -0.3 is 16.0 Å². The molecule has 2 aromatic carbocycles. The first-order valence-electron chi connectivity index (χ1n) is 9.26. The Morgan fingerprint density at radius 3 is 2.48 bits per heavy atom. The van der Waals surface area contributed by atoms with E-state index in [1.807, 2.05) is 36.4 Å². The van der Waals surface area contributed by atoms with Crippen LogP contribution in [0.4, 0.5) is 15.8 Å². The number of halogens is 1. The maximum Gasteiger partial charge on any atom is 0.123 e. The molecule has 0 saturated carbocycles. The Morgan fingerprint density at radius 1 is 1.04 bits per heavy atom. The lowest BCUT2D eigenvalue weighted by molar-refractivity contribution is 0.183. The van der Waals surface area contributed by atoms with Crippen molar-refractivity contribution in [3.05, 3.63) is 59.9 Å². The van der Waals surface area contributed by atoms with Crippen LogP contribution in [0.1, 0.15) is 24.8 Å². The van der Waals surface area contributed by atoms with Crippen molar-refractivity contribution >= 4 is 11.4 Å². The summed E-state index contributed by atoms with van der Waals surface area (Å²) in [6.45, 7) is 4.41. The topological polar surface area (TPSA) is 41.3 Å². The number of hydrogen-bond donors (Lipinski definition) is 2. The summed E-state index contributed by atoms with van der Waals surface area (Å²) in [5.74, 6) is 0.577. The largest absolute Gasteiger partial charge is 0.397 e. The Bertz CT molecular complexity index is 648. The fourth-order valence-corrected chi connectivity index (χ4v) is 3.55. The smallest absolute Gasteiger partial charge is 0.123 e. The predicted molar refractivity (Wildman–Crippen MR) is 103 cm³/mol. The van der Waals surface area contributed by atoms with Gasteiger partial charge in [-0.2, -0.15) is 0 Å². The van der Waals surface area contributed by atoms with Crippen LogP contribution in [-0.4, -0.2) is 31.1 Å². The van der Waals surface area contributed by atoms with Crippen molar-refractivity contribution in [3.63, 3.8) is 0 Å². The van der Waals surface area contributed by atoms with Crippen LogP contribution < -0.4 is 11.1 Å². The van der Waals surface area contributed by atoms with Gasteiger partial charge in [0.25, 0.3) is 0 Å². The molecule has 0 unspecified atom stereocenters. The number of para-hydroxylation sites is 2. The van der Waals surface area contributed by atoms with Gasteiger partial charge in [-0.3, -0.25) is 0 Å². The Hall–Kier alpha value is -2.07. The molecule has 0 amide bonds. The number of likely N-dealkylation sites (tertiary alicyclic amines) is 1. The van der Waals surface area contributed by atoms with Crippen LogP contribution in [0, 0.1) is 11.7 Å². The average molecular weight is 341 g/mol. The molecule has 1 aliphatic rings. The average Bonchev–Trinajstić information content (AvgIpc) is 2.63. The summed E-state index contributed by atoms with van der Waals surface area (Å²) in [5, 5.41) is 3.42. The molecule has 3 N–H and O–H groups in total. The van der Waals surface area contributed by atoms with Gasteiger partial charge in [0.05, 0.1) is 11.4 Å². The van der Waals surface area contributed by atoms with Gasteiger partial charge >= 0.3 is 0 Å². The van der Waals surface area contributed by atoms with Gasteiger partial charge in [-0.1, -0.05) is 24.3 Å². The van der Waals surface area contributed by atoms with Gasteiger partial charge in [0.15, 0.2) is 0 Å². The van der Waals surface area contributed by atoms with Gasteiger partial charge in [0.2, 0.25) is 0 Å². The summed E-state index contributed by atoms with van der Waals surface area (Å²) in [5.41, 5.74) is 9.03. The van der Waals surface area contributed by atoms with E-state index >= 15 is 0 Å². The van der Waals surface area contributed by atoms with Gasteiger partial charge in [0.1, 0.15) is 5.82 Å². The minimum absolute atomic E-state index is 0.149. The highest BCUT2D eigenvalue weighted by Crippen LogP contribution is 2.22.